The fraction of sp³-hybridized carbons (Fsp3) is 0.550. The summed E-state index contributed by atoms with van der Waals surface area (Å²) in [6.07, 6.45) is 5.53. The number of sulfonamides is 1. The topological polar surface area (TPSA) is 134 Å². The Kier molecular flexibility index (Phi) is 7.09. The minimum absolute atomic E-state index is 0.00971. The van der Waals surface area contributed by atoms with Crippen molar-refractivity contribution in [1.29, 1.82) is 0 Å². The fourth-order valence-electron chi connectivity index (χ4n) is 3.54. The monoisotopic (exact) mass is 437 g/mol. The van der Waals surface area contributed by atoms with Crippen LogP contribution in [0.1, 0.15) is 51.4 Å². The molecule has 2 aliphatic rings. The number of nitrogens with one attached hydrogen (secondary N) is 2. The van der Waals surface area contributed by atoms with Gasteiger partial charge in [-0.3, -0.25) is 14.5 Å². The Labute approximate surface area is 176 Å². The predicted molar refractivity (Wildman–Crippen MR) is 111 cm³/mol. The van der Waals surface area contributed by atoms with Crippen molar-refractivity contribution in [3.8, 4) is 0 Å². The van der Waals surface area contributed by atoms with E-state index in [2.05, 4.69) is 15.0 Å². The summed E-state index contributed by atoms with van der Waals surface area (Å²) in [5.41, 5.74) is -1.26. The highest BCUT2D eigenvalue weighted by atomic mass is 32.2. The number of carbonyl (C=O) groups excluding carboxylic acids is 2. The lowest BCUT2D eigenvalue weighted by Crippen LogP contribution is -2.38. The number of hydrogen-bond donors (Lipinski definition) is 3. The van der Waals surface area contributed by atoms with Crippen LogP contribution in [0.4, 0.5) is 5.69 Å². The molecule has 1 heterocycles. The summed E-state index contributed by atoms with van der Waals surface area (Å²) in [5.74, 6) is -0.987. The van der Waals surface area contributed by atoms with Gasteiger partial charge in [0.05, 0.1) is 4.90 Å². The van der Waals surface area contributed by atoms with Crippen LogP contribution in [0.3, 0.4) is 0 Å². The molecule has 30 heavy (non-hydrogen) atoms. The molecule has 1 aromatic rings. The number of benzene rings is 1. The number of hydrogen-bond acceptors (Lipinski definition) is 7. The molecule has 0 radical (unpaired) electrons. The van der Waals surface area contributed by atoms with Crippen LogP contribution in [0.25, 0.3) is 0 Å². The quantitative estimate of drug-likeness (QED) is 0.580. The van der Waals surface area contributed by atoms with Crippen molar-refractivity contribution in [2.75, 3.05) is 18.5 Å². The summed E-state index contributed by atoms with van der Waals surface area (Å²) in [6.45, 7) is 0.0367. The van der Waals surface area contributed by atoms with Gasteiger partial charge in [0.25, 0.3) is 15.9 Å². The molecule has 1 amide bonds. The molecule has 0 spiro atoms. The predicted octanol–water partition coefficient (Wildman–Crippen LogP) is 1.72. The number of aliphatic imine (C=N–C) groups is 1. The maximum absolute atomic E-state index is 12.6. The van der Waals surface area contributed by atoms with Crippen LogP contribution in [-0.2, 0) is 24.3 Å². The van der Waals surface area contributed by atoms with E-state index in [1.54, 1.807) is 0 Å². The van der Waals surface area contributed by atoms with Gasteiger partial charge >= 0.3 is 5.97 Å². The second-order valence-corrected chi connectivity index (χ2v) is 9.32. The molecule has 0 bridgehead atoms. The lowest BCUT2D eigenvalue weighted by Gasteiger charge is -2.19. The summed E-state index contributed by atoms with van der Waals surface area (Å²) in [6, 6.07) is 5.79. The SMILES string of the molecule is O=C(COC(=O)C1(O)CCCC1)Nc1cccc(S(=O)(=O)NC2=NCCCCC2)c1. The normalized spacial score (nSPS) is 18.8. The van der Waals surface area contributed by atoms with E-state index in [4.69, 9.17) is 4.74 Å². The van der Waals surface area contributed by atoms with Crippen molar-refractivity contribution in [2.45, 2.75) is 61.9 Å². The molecule has 0 aromatic heterocycles. The molecule has 1 saturated carbocycles. The van der Waals surface area contributed by atoms with E-state index in [9.17, 15) is 23.1 Å². The smallest absolute Gasteiger partial charge is 0.338 e. The first-order valence-electron chi connectivity index (χ1n) is 10.1. The molecule has 9 nitrogen and oxygen atoms in total. The third kappa shape index (κ3) is 5.79. The highest BCUT2D eigenvalue weighted by Gasteiger charge is 2.40. The summed E-state index contributed by atoms with van der Waals surface area (Å²) < 4.78 is 32.7. The van der Waals surface area contributed by atoms with Crippen LogP contribution in [0.2, 0.25) is 0 Å². The summed E-state index contributed by atoms with van der Waals surface area (Å²) >= 11 is 0. The zero-order valence-electron chi connectivity index (χ0n) is 16.7. The van der Waals surface area contributed by atoms with Gasteiger partial charge in [0.2, 0.25) is 0 Å². The molecule has 3 N–H and O–H groups in total. The lowest BCUT2D eigenvalue weighted by atomic mass is 10.0. The fourth-order valence-corrected chi connectivity index (χ4v) is 4.67. The highest BCUT2D eigenvalue weighted by molar-refractivity contribution is 7.90. The molecule has 164 valence electrons. The van der Waals surface area contributed by atoms with Gasteiger partial charge in [-0.1, -0.05) is 12.5 Å². The molecular weight excluding hydrogens is 410 g/mol. The van der Waals surface area contributed by atoms with Gasteiger partial charge in [0.1, 0.15) is 5.84 Å². The number of esters is 1. The average molecular weight is 438 g/mol. The van der Waals surface area contributed by atoms with Crippen LogP contribution in [-0.4, -0.2) is 50.0 Å². The van der Waals surface area contributed by atoms with E-state index in [-0.39, 0.29) is 10.6 Å². The first-order chi connectivity index (χ1) is 14.3. The molecule has 0 unspecified atom stereocenters. The Hall–Kier alpha value is -2.46. The van der Waals surface area contributed by atoms with Gasteiger partial charge in [-0.05, 0) is 56.7 Å². The molecule has 10 heteroatoms. The van der Waals surface area contributed by atoms with Crippen molar-refractivity contribution in [3.05, 3.63) is 24.3 Å². The van der Waals surface area contributed by atoms with E-state index >= 15 is 0 Å². The first-order valence-corrected chi connectivity index (χ1v) is 11.6. The highest BCUT2D eigenvalue weighted by Crippen LogP contribution is 2.30. The minimum Gasteiger partial charge on any atom is -0.453 e. The molecule has 1 aromatic carbocycles. The molecule has 0 atom stereocenters. The largest absolute Gasteiger partial charge is 0.453 e. The Morgan fingerprint density at radius 3 is 2.67 bits per heavy atom. The first kappa shape index (κ1) is 22.2. The van der Waals surface area contributed by atoms with Gasteiger partial charge < -0.3 is 15.2 Å². The van der Waals surface area contributed by atoms with Gasteiger partial charge in [0.15, 0.2) is 12.2 Å². The molecule has 1 fully saturated rings. The second-order valence-electron chi connectivity index (χ2n) is 7.64. The Bertz CT molecular complexity index is 922. The van der Waals surface area contributed by atoms with Crippen molar-refractivity contribution < 1.29 is 27.9 Å². The third-order valence-corrected chi connectivity index (χ3v) is 6.58. The molecular formula is C20H27N3O6S. The summed E-state index contributed by atoms with van der Waals surface area (Å²) in [4.78, 5) is 28.3. The van der Waals surface area contributed by atoms with Crippen LogP contribution < -0.4 is 10.0 Å². The number of nitrogens with zero attached hydrogens (tertiary/aromatic N) is 1. The van der Waals surface area contributed by atoms with Gasteiger partial charge in [0, 0.05) is 18.7 Å². The zero-order chi connectivity index (χ0) is 21.6. The second kappa shape index (κ2) is 9.57. The van der Waals surface area contributed by atoms with E-state index in [0.717, 1.165) is 32.1 Å². The Balaban J connectivity index is 1.58. The van der Waals surface area contributed by atoms with Crippen LogP contribution in [0.5, 0.6) is 0 Å². The number of ether oxygens (including phenoxy) is 1. The number of rotatable bonds is 6. The summed E-state index contributed by atoms with van der Waals surface area (Å²) in [5, 5.41) is 12.7. The van der Waals surface area contributed by atoms with Crippen LogP contribution >= 0.6 is 0 Å². The molecule has 1 aliphatic heterocycles. The van der Waals surface area contributed by atoms with E-state index in [1.165, 1.54) is 24.3 Å². The number of carbonyl (C=O) groups is 2. The van der Waals surface area contributed by atoms with Crippen molar-refractivity contribution in [3.63, 3.8) is 0 Å². The van der Waals surface area contributed by atoms with E-state index in [0.29, 0.717) is 31.6 Å². The number of amidine groups is 1. The Morgan fingerprint density at radius 2 is 1.90 bits per heavy atom. The molecule has 0 saturated heterocycles. The van der Waals surface area contributed by atoms with Gasteiger partial charge in [-0.15, -0.1) is 0 Å². The number of aliphatic hydroxyl groups is 1. The number of amides is 1. The summed E-state index contributed by atoms with van der Waals surface area (Å²) in [7, 11) is -3.83. The van der Waals surface area contributed by atoms with Crippen molar-refractivity contribution >= 4 is 33.4 Å². The van der Waals surface area contributed by atoms with E-state index in [1.807, 2.05) is 0 Å². The van der Waals surface area contributed by atoms with Gasteiger partial charge in [-0.25, -0.2) is 13.2 Å². The number of anilines is 1. The lowest BCUT2D eigenvalue weighted by molar-refractivity contribution is -0.166. The maximum Gasteiger partial charge on any atom is 0.338 e. The van der Waals surface area contributed by atoms with E-state index < -0.39 is 34.1 Å². The third-order valence-electron chi connectivity index (χ3n) is 5.20. The zero-order valence-corrected chi connectivity index (χ0v) is 17.5. The molecule has 1 aliphatic carbocycles. The Morgan fingerprint density at radius 1 is 1.13 bits per heavy atom. The minimum atomic E-state index is -3.83. The van der Waals surface area contributed by atoms with Crippen LogP contribution in [0.15, 0.2) is 34.2 Å². The van der Waals surface area contributed by atoms with Crippen LogP contribution in [0, 0.1) is 0 Å². The van der Waals surface area contributed by atoms with Crippen molar-refractivity contribution in [2.24, 2.45) is 4.99 Å². The average Bonchev–Trinajstić information content (AvgIpc) is 3.01. The van der Waals surface area contributed by atoms with Gasteiger partial charge in [-0.2, -0.15) is 0 Å². The standard InChI is InChI=1S/C20H27N3O6S/c24-18(14-29-19(25)20(26)10-3-4-11-20)22-15-7-6-8-16(13-15)30(27,28)23-17-9-2-1-5-12-21-17/h6-8,13,26H,1-5,9-12,14H2,(H,21,23)(H,22,24). The van der Waals surface area contributed by atoms with Crippen molar-refractivity contribution in [1.82, 2.24) is 4.72 Å². The molecule has 3 rings (SSSR count). The maximum atomic E-state index is 12.6.